The molecule has 0 unspecified atom stereocenters. The summed E-state index contributed by atoms with van der Waals surface area (Å²) in [4.78, 5) is 21.6. The number of halogens is 1. The summed E-state index contributed by atoms with van der Waals surface area (Å²) in [7, 11) is 0. The molecular weight excluding hydrogens is 350 g/mol. The van der Waals surface area contributed by atoms with Crippen molar-refractivity contribution in [2.24, 2.45) is 0 Å². The summed E-state index contributed by atoms with van der Waals surface area (Å²) in [6.07, 6.45) is 3.51. The van der Waals surface area contributed by atoms with Gasteiger partial charge in [-0.15, -0.1) is 0 Å². The molecule has 1 aliphatic rings. The van der Waals surface area contributed by atoms with E-state index in [4.69, 9.17) is 11.6 Å². The highest BCUT2D eigenvalue weighted by Gasteiger charge is 2.26. The minimum atomic E-state index is 0.0161. The Morgan fingerprint density at radius 2 is 1.88 bits per heavy atom. The summed E-state index contributed by atoms with van der Waals surface area (Å²) in [6, 6.07) is 9.74. The van der Waals surface area contributed by atoms with Gasteiger partial charge in [-0.25, -0.2) is 9.50 Å². The van der Waals surface area contributed by atoms with Gasteiger partial charge in [0.15, 0.2) is 5.65 Å². The van der Waals surface area contributed by atoms with Gasteiger partial charge >= 0.3 is 0 Å². The maximum atomic E-state index is 13.0. The van der Waals surface area contributed by atoms with Gasteiger partial charge < -0.3 is 4.90 Å². The number of aryl methyl sites for hydroxylation is 1. The van der Waals surface area contributed by atoms with Crippen LogP contribution in [0.3, 0.4) is 0 Å². The van der Waals surface area contributed by atoms with E-state index in [2.05, 4.69) is 15.0 Å². The van der Waals surface area contributed by atoms with Gasteiger partial charge in [0.05, 0.1) is 5.69 Å². The molecule has 0 saturated carbocycles. The largest absolute Gasteiger partial charge is 0.336 e. The quantitative estimate of drug-likeness (QED) is 0.712. The van der Waals surface area contributed by atoms with Crippen molar-refractivity contribution in [2.45, 2.75) is 13.5 Å². The molecule has 26 heavy (non-hydrogen) atoms. The smallest absolute Gasteiger partial charge is 0.259 e. The zero-order valence-corrected chi connectivity index (χ0v) is 15.4. The Hall–Kier alpha value is -2.44. The fourth-order valence-electron chi connectivity index (χ4n) is 3.36. The van der Waals surface area contributed by atoms with Crippen molar-refractivity contribution in [2.75, 3.05) is 26.2 Å². The number of aromatic nitrogens is 3. The van der Waals surface area contributed by atoms with Crippen LogP contribution in [0.1, 0.15) is 21.6 Å². The molecule has 0 atom stereocenters. The standard InChI is InChI=1S/C19H20ClN5O/c1-14-17(18-21-7-2-8-25(18)22-14)19(26)24-11-9-23(10-12-24)13-15-3-5-16(20)6-4-15/h2-8H,9-13H2,1H3. The molecule has 1 aliphatic heterocycles. The van der Waals surface area contributed by atoms with Crippen LogP contribution in [0.5, 0.6) is 0 Å². The first kappa shape index (κ1) is 17.0. The van der Waals surface area contributed by atoms with Gasteiger partial charge in [0, 0.05) is 50.1 Å². The molecule has 0 radical (unpaired) electrons. The second-order valence-electron chi connectivity index (χ2n) is 6.54. The number of hydrogen-bond donors (Lipinski definition) is 0. The summed E-state index contributed by atoms with van der Waals surface area (Å²) in [6.45, 7) is 5.83. The molecule has 4 rings (SSSR count). The number of hydrogen-bond acceptors (Lipinski definition) is 4. The molecule has 134 valence electrons. The lowest BCUT2D eigenvalue weighted by Gasteiger charge is -2.34. The van der Waals surface area contributed by atoms with E-state index in [1.165, 1.54) is 5.56 Å². The third kappa shape index (κ3) is 3.30. The summed E-state index contributed by atoms with van der Waals surface area (Å²) in [5.74, 6) is 0.0161. The first-order valence-electron chi connectivity index (χ1n) is 8.68. The summed E-state index contributed by atoms with van der Waals surface area (Å²) in [5, 5.41) is 5.14. The predicted octanol–water partition coefficient (Wildman–Crippen LogP) is 2.65. The topological polar surface area (TPSA) is 53.7 Å². The molecule has 1 fully saturated rings. The van der Waals surface area contributed by atoms with Crippen LogP contribution >= 0.6 is 11.6 Å². The van der Waals surface area contributed by atoms with E-state index >= 15 is 0 Å². The molecule has 0 spiro atoms. The van der Waals surface area contributed by atoms with E-state index < -0.39 is 0 Å². The molecule has 3 heterocycles. The second-order valence-corrected chi connectivity index (χ2v) is 6.98. The molecule has 3 aromatic rings. The first-order valence-corrected chi connectivity index (χ1v) is 9.05. The molecule has 0 N–H and O–H groups in total. The normalized spacial score (nSPS) is 15.5. The molecule has 1 amide bonds. The van der Waals surface area contributed by atoms with Crippen LogP contribution < -0.4 is 0 Å². The highest BCUT2D eigenvalue weighted by Crippen LogP contribution is 2.18. The lowest BCUT2D eigenvalue weighted by molar-refractivity contribution is 0.0629. The molecule has 6 nitrogen and oxygen atoms in total. The molecule has 7 heteroatoms. The third-order valence-electron chi connectivity index (χ3n) is 4.76. The Morgan fingerprint density at radius 1 is 1.15 bits per heavy atom. The van der Waals surface area contributed by atoms with Crippen molar-refractivity contribution in [3.63, 3.8) is 0 Å². The fourth-order valence-corrected chi connectivity index (χ4v) is 3.49. The molecular formula is C19H20ClN5O. The third-order valence-corrected chi connectivity index (χ3v) is 5.02. The van der Waals surface area contributed by atoms with Gasteiger partial charge in [-0.05, 0) is 30.7 Å². The van der Waals surface area contributed by atoms with Crippen molar-refractivity contribution >= 4 is 23.2 Å². The van der Waals surface area contributed by atoms with E-state index in [1.807, 2.05) is 48.4 Å². The Bertz CT molecular complexity index is 929. The van der Waals surface area contributed by atoms with Crippen molar-refractivity contribution in [3.05, 3.63) is 64.6 Å². The van der Waals surface area contributed by atoms with Crippen molar-refractivity contribution < 1.29 is 4.79 Å². The van der Waals surface area contributed by atoms with E-state index in [-0.39, 0.29) is 5.91 Å². The number of nitrogens with zero attached hydrogens (tertiary/aromatic N) is 5. The summed E-state index contributed by atoms with van der Waals surface area (Å²) in [5.41, 5.74) is 3.18. The summed E-state index contributed by atoms with van der Waals surface area (Å²) < 4.78 is 1.67. The van der Waals surface area contributed by atoms with Crippen molar-refractivity contribution in [3.8, 4) is 0 Å². The molecule has 2 aromatic heterocycles. The zero-order chi connectivity index (χ0) is 18.1. The van der Waals surface area contributed by atoms with Crippen LogP contribution in [0.4, 0.5) is 0 Å². The number of amides is 1. The monoisotopic (exact) mass is 369 g/mol. The number of carbonyl (C=O) groups is 1. The van der Waals surface area contributed by atoms with E-state index in [1.54, 1.807) is 10.7 Å². The minimum Gasteiger partial charge on any atom is -0.336 e. The predicted molar refractivity (Wildman–Crippen MR) is 100 cm³/mol. The van der Waals surface area contributed by atoms with Crippen LogP contribution in [0.2, 0.25) is 5.02 Å². The summed E-state index contributed by atoms with van der Waals surface area (Å²) >= 11 is 5.94. The van der Waals surface area contributed by atoms with Gasteiger partial charge in [0.2, 0.25) is 0 Å². The lowest BCUT2D eigenvalue weighted by Crippen LogP contribution is -2.48. The highest BCUT2D eigenvalue weighted by atomic mass is 35.5. The molecule has 0 bridgehead atoms. The van der Waals surface area contributed by atoms with Crippen molar-refractivity contribution in [1.82, 2.24) is 24.4 Å². The van der Waals surface area contributed by atoms with Gasteiger partial charge in [0.25, 0.3) is 5.91 Å². The number of piperazine rings is 1. The average molecular weight is 370 g/mol. The van der Waals surface area contributed by atoms with Crippen LogP contribution in [-0.2, 0) is 6.54 Å². The van der Waals surface area contributed by atoms with Crippen LogP contribution in [0.25, 0.3) is 5.65 Å². The molecule has 1 aromatic carbocycles. The number of fused-ring (bicyclic) bond motifs is 1. The fraction of sp³-hybridized carbons (Fsp3) is 0.316. The number of carbonyl (C=O) groups excluding carboxylic acids is 1. The Kier molecular flexibility index (Phi) is 4.61. The minimum absolute atomic E-state index is 0.0161. The van der Waals surface area contributed by atoms with E-state index in [0.29, 0.717) is 24.3 Å². The molecule has 1 saturated heterocycles. The lowest BCUT2D eigenvalue weighted by atomic mass is 10.1. The van der Waals surface area contributed by atoms with E-state index in [9.17, 15) is 4.79 Å². The van der Waals surface area contributed by atoms with Crippen LogP contribution in [0, 0.1) is 6.92 Å². The van der Waals surface area contributed by atoms with Gasteiger partial charge in [-0.2, -0.15) is 5.10 Å². The SMILES string of the molecule is Cc1nn2cccnc2c1C(=O)N1CCN(Cc2ccc(Cl)cc2)CC1. The van der Waals surface area contributed by atoms with Crippen LogP contribution in [0.15, 0.2) is 42.7 Å². The van der Waals surface area contributed by atoms with E-state index in [0.717, 1.165) is 30.4 Å². The van der Waals surface area contributed by atoms with Gasteiger partial charge in [0.1, 0.15) is 5.56 Å². The average Bonchev–Trinajstić information content (AvgIpc) is 2.99. The number of rotatable bonds is 3. The number of benzene rings is 1. The molecule has 0 aliphatic carbocycles. The highest BCUT2D eigenvalue weighted by molar-refractivity contribution is 6.30. The Morgan fingerprint density at radius 3 is 2.62 bits per heavy atom. The Labute approximate surface area is 157 Å². The van der Waals surface area contributed by atoms with Crippen LogP contribution in [-0.4, -0.2) is 56.5 Å². The van der Waals surface area contributed by atoms with Gasteiger partial charge in [-0.3, -0.25) is 9.69 Å². The second kappa shape index (κ2) is 7.05. The zero-order valence-electron chi connectivity index (χ0n) is 14.6. The maximum absolute atomic E-state index is 13.0. The first-order chi connectivity index (χ1) is 12.6. The maximum Gasteiger partial charge on any atom is 0.259 e. The van der Waals surface area contributed by atoms with Crippen molar-refractivity contribution in [1.29, 1.82) is 0 Å². The Balaban J connectivity index is 1.43. The van der Waals surface area contributed by atoms with Gasteiger partial charge in [-0.1, -0.05) is 23.7 Å².